The van der Waals surface area contributed by atoms with Gasteiger partial charge in [0.2, 0.25) is 0 Å². The first kappa shape index (κ1) is 17.0. The predicted octanol–water partition coefficient (Wildman–Crippen LogP) is 3.80. The van der Waals surface area contributed by atoms with Gasteiger partial charge in [-0.15, -0.1) is 0 Å². The summed E-state index contributed by atoms with van der Waals surface area (Å²) in [6, 6.07) is 4.93. The van der Waals surface area contributed by atoms with E-state index in [1.165, 1.54) is 11.3 Å². The molecule has 0 aliphatic carbocycles. The topological polar surface area (TPSA) is 28.2 Å². The number of anilines is 1. The monoisotopic (exact) mass is 277 g/mol. The van der Waals surface area contributed by atoms with Gasteiger partial charge in [0.05, 0.1) is 0 Å². The highest BCUT2D eigenvalue weighted by Gasteiger charge is 2.16. The van der Waals surface area contributed by atoms with Gasteiger partial charge in [0.15, 0.2) is 0 Å². The van der Waals surface area contributed by atoms with Crippen LogP contribution in [0.3, 0.4) is 0 Å². The van der Waals surface area contributed by atoms with E-state index in [9.17, 15) is 0 Å². The fourth-order valence-corrected chi connectivity index (χ4v) is 2.10. The molecule has 20 heavy (non-hydrogen) atoms. The SMILES string of the molecule is CCNCc1cc(C(C)C)nc(N(C)C(C)C(C)C)c1. The Hall–Kier alpha value is -1.09. The first-order valence-electron chi connectivity index (χ1n) is 7.81. The molecule has 1 unspecified atom stereocenters. The Morgan fingerprint density at radius 1 is 1.15 bits per heavy atom. The maximum atomic E-state index is 4.84. The van der Waals surface area contributed by atoms with Gasteiger partial charge in [0.1, 0.15) is 5.82 Å². The molecular weight excluding hydrogens is 246 g/mol. The third kappa shape index (κ3) is 4.48. The highest BCUT2D eigenvalue weighted by molar-refractivity contribution is 5.43. The fourth-order valence-electron chi connectivity index (χ4n) is 2.10. The molecule has 1 aromatic rings. The second-order valence-corrected chi connectivity index (χ2v) is 6.29. The van der Waals surface area contributed by atoms with Crippen molar-refractivity contribution in [1.29, 1.82) is 0 Å². The predicted molar refractivity (Wildman–Crippen MR) is 88.4 cm³/mol. The quantitative estimate of drug-likeness (QED) is 0.822. The summed E-state index contributed by atoms with van der Waals surface area (Å²) < 4.78 is 0. The van der Waals surface area contributed by atoms with E-state index in [1.54, 1.807) is 0 Å². The highest BCUT2D eigenvalue weighted by Crippen LogP contribution is 2.22. The minimum atomic E-state index is 0.457. The first-order chi connectivity index (χ1) is 9.36. The van der Waals surface area contributed by atoms with E-state index in [0.717, 1.165) is 18.9 Å². The first-order valence-corrected chi connectivity index (χ1v) is 7.81. The molecule has 0 aliphatic heterocycles. The molecule has 1 atom stereocenters. The molecule has 0 saturated heterocycles. The molecule has 1 N–H and O–H groups in total. The van der Waals surface area contributed by atoms with Gasteiger partial charge >= 0.3 is 0 Å². The summed E-state index contributed by atoms with van der Waals surface area (Å²) in [4.78, 5) is 7.14. The van der Waals surface area contributed by atoms with E-state index in [1.807, 2.05) is 0 Å². The molecule has 3 nitrogen and oxygen atoms in total. The lowest BCUT2D eigenvalue weighted by atomic mass is 10.0. The van der Waals surface area contributed by atoms with Crippen molar-refractivity contribution in [2.24, 2.45) is 5.92 Å². The molecule has 0 aliphatic rings. The van der Waals surface area contributed by atoms with E-state index in [0.29, 0.717) is 17.9 Å². The molecule has 0 aromatic carbocycles. The van der Waals surface area contributed by atoms with Crippen molar-refractivity contribution in [3.05, 3.63) is 23.4 Å². The largest absolute Gasteiger partial charge is 0.357 e. The van der Waals surface area contributed by atoms with Crippen LogP contribution in [0.5, 0.6) is 0 Å². The zero-order valence-corrected chi connectivity index (χ0v) is 14.2. The van der Waals surface area contributed by atoms with Crippen molar-refractivity contribution in [2.45, 2.75) is 60.0 Å². The van der Waals surface area contributed by atoms with E-state index in [2.05, 4.69) is 70.9 Å². The summed E-state index contributed by atoms with van der Waals surface area (Å²) in [6.07, 6.45) is 0. The van der Waals surface area contributed by atoms with Crippen LogP contribution in [-0.2, 0) is 6.54 Å². The second kappa shape index (κ2) is 7.63. The van der Waals surface area contributed by atoms with E-state index in [-0.39, 0.29) is 0 Å². The Labute approximate surface area is 124 Å². The minimum Gasteiger partial charge on any atom is -0.357 e. The summed E-state index contributed by atoms with van der Waals surface area (Å²) in [5, 5.41) is 3.40. The molecule has 1 aromatic heterocycles. The lowest BCUT2D eigenvalue weighted by molar-refractivity contribution is 0.502. The van der Waals surface area contributed by atoms with Gasteiger partial charge in [-0.05, 0) is 43.0 Å². The number of rotatable bonds is 7. The van der Waals surface area contributed by atoms with Gasteiger partial charge in [-0.1, -0.05) is 34.6 Å². The summed E-state index contributed by atoms with van der Waals surface area (Å²) in [6.45, 7) is 15.2. The van der Waals surface area contributed by atoms with Crippen LogP contribution in [0.4, 0.5) is 5.82 Å². The lowest BCUT2D eigenvalue weighted by Crippen LogP contribution is -2.34. The van der Waals surface area contributed by atoms with Crippen molar-refractivity contribution < 1.29 is 0 Å². The number of hydrogen-bond donors (Lipinski definition) is 1. The number of hydrogen-bond acceptors (Lipinski definition) is 3. The van der Waals surface area contributed by atoms with Crippen LogP contribution in [0.15, 0.2) is 12.1 Å². The Bertz CT molecular complexity index is 413. The Morgan fingerprint density at radius 2 is 1.80 bits per heavy atom. The van der Waals surface area contributed by atoms with E-state index < -0.39 is 0 Å². The van der Waals surface area contributed by atoms with E-state index >= 15 is 0 Å². The van der Waals surface area contributed by atoms with Crippen LogP contribution in [-0.4, -0.2) is 24.6 Å². The van der Waals surface area contributed by atoms with Gasteiger partial charge in [-0.3, -0.25) is 0 Å². The van der Waals surface area contributed by atoms with Crippen LogP contribution >= 0.6 is 0 Å². The Kier molecular flexibility index (Phi) is 6.47. The summed E-state index contributed by atoms with van der Waals surface area (Å²) in [5.41, 5.74) is 2.50. The summed E-state index contributed by atoms with van der Waals surface area (Å²) >= 11 is 0. The average molecular weight is 277 g/mol. The molecule has 1 rings (SSSR count). The number of pyridine rings is 1. The average Bonchev–Trinajstić information content (AvgIpc) is 2.42. The second-order valence-electron chi connectivity index (χ2n) is 6.29. The molecular formula is C17H31N3. The molecule has 3 heteroatoms. The minimum absolute atomic E-state index is 0.457. The zero-order valence-electron chi connectivity index (χ0n) is 14.2. The molecule has 0 bridgehead atoms. The van der Waals surface area contributed by atoms with Crippen molar-refractivity contribution >= 4 is 5.82 Å². The van der Waals surface area contributed by atoms with Gasteiger partial charge in [-0.25, -0.2) is 4.98 Å². The van der Waals surface area contributed by atoms with Crippen LogP contribution in [0.1, 0.15) is 58.7 Å². The highest BCUT2D eigenvalue weighted by atomic mass is 15.2. The molecule has 0 amide bonds. The third-order valence-corrected chi connectivity index (χ3v) is 4.00. The third-order valence-electron chi connectivity index (χ3n) is 4.00. The Balaban J connectivity index is 3.07. The summed E-state index contributed by atoms with van der Waals surface area (Å²) in [7, 11) is 2.15. The van der Waals surface area contributed by atoms with Gasteiger partial charge in [0.25, 0.3) is 0 Å². The number of aromatic nitrogens is 1. The van der Waals surface area contributed by atoms with Crippen LogP contribution in [0.2, 0.25) is 0 Å². The molecule has 0 fully saturated rings. The standard InChI is InChI=1S/C17H31N3/c1-8-18-11-15-9-16(13(4)5)19-17(10-15)20(7)14(6)12(2)3/h9-10,12-14,18H,8,11H2,1-7H3. The fraction of sp³-hybridized carbons (Fsp3) is 0.706. The molecule has 1 heterocycles. The molecule has 0 saturated carbocycles. The number of nitrogens with one attached hydrogen (secondary N) is 1. The smallest absolute Gasteiger partial charge is 0.129 e. The van der Waals surface area contributed by atoms with Crippen LogP contribution < -0.4 is 10.2 Å². The van der Waals surface area contributed by atoms with Crippen molar-refractivity contribution in [3.8, 4) is 0 Å². The maximum absolute atomic E-state index is 4.84. The number of nitrogens with zero attached hydrogens (tertiary/aromatic N) is 2. The molecule has 0 spiro atoms. The Morgan fingerprint density at radius 3 is 2.30 bits per heavy atom. The zero-order chi connectivity index (χ0) is 15.3. The van der Waals surface area contributed by atoms with Crippen molar-refractivity contribution in [2.75, 3.05) is 18.5 Å². The maximum Gasteiger partial charge on any atom is 0.129 e. The normalized spacial score (nSPS) is 13.1. The summed E-state index contributed by atoms with van der Waals surface area (Å²) in [5.74, 6) is 2.16. The van der Waals surface area contributed by atoms with Gasteiger partial charge in [-0.2, -0.15) is 0 Å². The molecule has 114 valence electrons. The van der Waals surface area contributed by atoms with Crippen molar-refractivity contribution in [1.82, 2.24) is 10.3 Å². The van der Waals surface area contributed by atoms with Crippen LogP contribution in [0, 0.1) is 5.92 Å². The molecule has 0 radical (unpaired) electrons. The van der Waals surface area contributed by atoms with Crippen LogP contribution in [0.25, 0.3) is 0 Å². The van der Waals surface area contributed by atoms with Gasteiger partial charge in [0, 0.05) is 25.3 Å². The van der Waals surface area contributed by atoms with Gasteiger partial charge < -0.3 is 10.2 Å². The van der Waals surface area contributed by atoms with Crippen molar-refractivity contribution in [3.63, 3.8) is 0 Å². The lowest BCUT2D eigenvalue weighted by Gasteiger charge is -2.30. The van der Waals surface area contributed by atoms with E-state index in [4.69, 9.17) is 4.98 Å².